The summed E-state index contributed by atoms with van der Waals surface area (Å²) in [4.78, 5) is 34.7. The summed E-state index contributed by atoms with van der Waals surface area (Å²) < 4.78 is 1.45. The van der Waals surface area contributed by atoms with Crippen molar-refractivity contribution in [1.29, 1.82) is 0 Å². The molecule has 2 rings (SSSR count). The van der Waals surface area contributed by atoms with E-state index in [1.165, 1.54) is 16.8 Å². The third-order valence-corrected chi connectivity index (χ3v) is 3.76. The highest BCUT2D eigenvalue weighted by molar-refractivity contribution is 5.93. The van der Waals surface area contributed by atoms with E-state index in [1.807, 2.05) is 0 Å². The number of hydrogen-bond donors (Lipinski definition) is 1. The summed E-state index contributed by atoms with van der Waals surface area (Å²) in [5.41, 5.74) is 0.169. The molecule has 0 bridgehead atoms. The number of aliphatic carboxylic acids is 1. The molecule has 2 heterocycles. The zero-order valence-corrected chi connectivity index (χ0v) is 11.7. The van der Waals surface area contributed by atoms with Crippen LogP contribution in [0.2, 0.25) is 0 Å². The monoisotopic (exact) mass is 295 g/mol. The average molecular weight is 295 g/mol. The topological polar surface area (TPSA) is 106 Å². The Balaban J connectivity index is 2.01. The van der Waals surface area contributed by atoms with Crippen LogP contribution in [-0.2, 0) is 11.8 Å². The highest BCUT2D eigenvalue weighted by Crippen LogP contribution is 2.24. The largest absolute Gasteiger partial charge is 0.481 e. The van der Waals surface area contributed by atoms with Crippen LogP contribution in [0.1, 0.15) is 29.8 Å². The van der Waals surface area contributed by atoms with Crippen LogP contribution in [0.5, 0.6) is 0 Å². The summed E-state index contributed by atoms with van der Waals surface area (Å²) in [6.07, 6.45) is 2.73. The molecule has 21 heavy (non-hydrogen) atoms. The Hall–Kier alpha value is -2.38. The standard InChI is InChI=1S/C13H17N3O5/c1-14-8-10(16(20)21)6-11(14)13(19)15-5-4-9(7-15)2-3-12(17)18/h6,8-9H,2-5,7H2,1H3,(H,17,18). The molecule has 0 aliphatic carbocycles. The first-order valence-electron chi connectivity index (χ1n) is 6.70. The Morgan fingerprint density at radius 3 is 2.81 bits per heavy atom. The number of nitro groups is 1. The molecule has 1 amide bonds. The fourth-order valence-corrected chi connectivity index (χ4v) is 2.60. The number of amides is 1. The summed E-state index contributed by atoms with van der Waals surface area (Å²) in [6, 6.07) is 1.27. The van der Waals surface area contributed by atoms with E-state index >= 15 is 0 Å². The molecule has 1 aliphatic heterocycles. The Morgan fingerprint density at radius 1 is 1.52 bits per heavy atom. The number of carboxylic acids is 1. The first kappa shape index (κ1) is 15.0. The molecular weight excluding hydrogens is 278 g/mol. The number of carbonyl (C=O) groups is 2. The number of nitrogens with zero attached hydrogens (tertiary/aromatic N) is 3. The van der Waals surface area contributed by atoms with Gasteiger partial charge in [0.25, 0.3) is 11.6 Å². The predicted octanol–water partition coefficient (Wildman–Crippen LogP) is 1.26. The van der Waals surface area contributed by atoms with Crippen molar-refractivity contribution in [3.63, 3.8) is 0 Å². The lowest BCUT2D eigenvalue weighted by Crippen LogP contribution is -2.30. The molecule has 0 aromatic carbocycles. The second-order valence-electron chi connectivity index (χ2n) is 5.29. The number of carbonyl (C=O) groups excluding carboxylic acids is 1. The van der Waals surface area contributed by atoms with Gasteiger partial charge in [0.15, 0.2) is 0 Å². The molecule has 0 spiro atoms. The van der Waals surface area contributed by atoms with Crippen molar-refractivity contribution in [2.45, 2.75) is 19.3 Å². The lowest BCUT2D eigenvalue weighted by molar-refractivity contribution is -0.384. The Labute approximate surface area is 121 Å². The SMILES string of the molecule is Cn1cc([N+](=O)[O-])cc1C(=O)N1CCC(CCC(=O)O)C1. The van der Waals surface area contributed by atoms with E-state index in [-0.39, 0.29) is 29.6 Å². The zero-order valence-electron chi connectivity index (χ0n) is 11.7. The van der Waals surface area contributed by atoms with Crippen LogP contribution in [0.25, 0.3) is 0 Å². The highest BCUT2D eigenvalue weighted by Gasteiger charge is 2.29. The van der Waals surface area contributed by atoms with Gasteiger partial charge in [-0.2, -0.15) is 0 Å². The highest BCUT2D eigenvalue weighted by atomic mass is 16.6. The molecule has 114 valence electrons. The van der Waals surface area contributed by atoms with Crippen molar-refractivity contribution in [1.82, 2.24) is 9.47 Å². The number of rotatable bonds is 5. The van der Waals surface area contributed by atoms with Gasteiger partial charge in [0.05, 0.1) is 11.1 Å². The van der Waals surface area contributed by atoms with Gasteiger partial charge < -0.3 is 14.6 Å². The van der Waals surface area contributed by atoms with Crippen LogP contribution in [0.4, 0.5) is 5.69 Å². The van der Waals surface area contributed by atoms with Crippen molar-refractivity contribution < 1.29 is 19.6 Å². The van der Waals surface area contributed by atoms with E-state index in [0.29, 0.717) is 19.5 Å². The maximum Gasteiger partial charge on any atom is 0.303 e. The van der Waals surface area contributed by atoms with E-state index in [4.69, 9.17) is 5.11 Å². The zero-order chi connectivity index (χ0) is 15.6. The van der Waals surface area contributed by atoms with E-state index in [2.05, 4.69) is 0 Å². The lowest BCUT2D eigenvalue weighted by atomic mass is 10.0. The van der Waals surface area contributed by atoms with Crippen LogP contribution in [-0.4, -0.2) is 44.5 Å². The summed E-state index contributed by atoms with van der Waals surface area (Å²) in [5, 5.41) is 19.4. The minimum Gasteiger partial charge on any atom is -0.481 e. The van der Waals surface area contributed by atoms with Crippen molar-refractivity contribution in [2.75, 3.05) is 13.1 Å². The maximum atomic E-state index is 12.4. The third kappa shape index (κ3) is 3.39. The van der Waals surface area contributed by atoms with Crippen LogP contribution in [0.3, 0.4) is 0 Å². The molecule has 1 saturated heterocycles. The van der Waals surface area contributed by atoms with E-state index in [0.717, 1.165) is 6.42 Å². The van der Waals surface area contributed by atoms with E-state index in [9.17, 15) is 19.7 Å². The molecule has 8 nitrogen and oxygen atoms in total. The van der Waals surface area contributed by atoms with Gasteiger partial charge in [0.1, 0.15) is 5.69 Å². The van der Waals surface area contributed by atoms with Crippen LogP contribution in [0, 0.1) is 16.0 Å². The van der Waals surface area contributed by atoms with Crippen molar-refractivity contribution >= 4 is 17.6 Å². The molecule has 1 aromatic heterocycles. The van der Waals surface area contributed by atoms with E-state index in [1.54, 1.807) is 11.9 Å². The van der Waals surface area contributed by atoms with Gasteiger partial charge in [-0.15, -0.1) is 0 Å². The predicted molar refractivity (Wildman–Crippen MR) is 72.9 cm³/mol. The summed E-state index contributed by atoms with van der Waals surface area (Å²) >= 11 is 0. The van der Waals surface area contributed by atoms with Crippen LogP contribution in [0.15, 0.2) is 12.3 Å². The average Bonchev–Trinajstić information content (AvgIpc) is 3.02. The Bertz CT molecular complexity index is 580. The van der Waals surface area contributed by atoms with Gasteiger partial charge in [-0.25, -0.2) is 0 Å². The number of carboxylic acid groups (broad SMARTS) is 1. The second-order valence-corrected chi connectivity index (χ2v) is 5.29. The van der Waals surface area contributed by atoms with Gasteiger partial charge in [-0.1, -0.05) is 0 Å². The van der Waals surface area contributed by atoms with Crippen LogP contribution >= 0.6 is 0 Å². The van der Waals surface area contributed by atoms with Gasteiger partial charge in [0, 0.05) is 32.6 Å². The Kier molecular flexibility index (Phi) is 4.25. The van der Waals surface area contributed by atoms with E-state index < -0.39 is 10.9 Å². The molecule has 1 aliphatic rings. The number of aryl methyl sites for hydroxylation is 1. The molecule has 1 N–H and O–H groups in total. The molecule has 1 aromatic rings. The molecule has 1 atom stereocenters. The van der Waals surface area contributed by atoms with Gasteiger partial charge in [0.2, 0.25) is 0 Å². The normalized spacial score (nSPS) is 18.0. The lowest BCUT2D eigenvalue weighted by Gasteiger charge is -2.16. The van der Waals surface area contributed by atoms with Crippen molar-refractivity contribution in [2.24, 2.45) is 13.0 Å². The molecule has 1 unspecified atom stereocenters. The minimum absolute atomic E-state index is 0.0995. The molecule has 1 fully saturated rings. The van der Waals surface area contributed by atoms with Gasteiger partial charge >= 0.3 is 5.97 Å². The number of likely N-dealkylation sites (tertiary alicyclic amines) is 1. The fraction of sp³-hybridized carbons (Fsp3) is 0.538. The first-order chi connectivity index (χ1) is 9.88. The van der Waals surface area contributed by atoms with Crippen molar-refractivity contribution in [3.8, 4) is 0 Å². The minimum atomic E-state index is -0.835. The number of hydrogen-bond acceptors (Lipinski definition) is 4. The molecule has 8 heteroatoms. The molecular formula is C13H17N3O5. The quantitative estimate of drug-likeness (QED) is 0.650. The first-order valence-corrected chi connectivity index (χ1v) is 6.70. The molecule has 0 radical (unpaired) electrons. The number of aromatic nitrogens is 1. The summed E-state index contributed by atoms with van der Waals surface area (Å²) in [6.45, 7) is 1.06. The summed E-state index contributed by atoms with van der Waals surface area (Å²) in [5.74, 6) is -0.901. The summed E-state index contributed by atoms with van der Waals surface area (Å²) in [7, 11) is 1.60. The van der Waals surface area contributed by atoms with Crippen LogP contribution < -0.4 is 0 Å². The maximum absolute atomic E-state index is 12.4. The molecule has 0 saturated carbocycles. The van der Waals surface area contributed by atoms with Gasteiger partial charge in [-0.3, -0.25) is 19.7 Å². The second kappa shape index (κ2) is 5.94. The Morgan fingerprint density at radius 2 is 2.24 bits per heavy atom. The van der Waals surface area contributed by atoms with Gasteiger partial charge in [-0.05, 0) is 18.8 Å². The third-order valence-electron chi connectivity index (χ3n) is 3.76. The smallest absolute Gasteiger partial charge is 0.303 e. The van der Waals surface area contributed by atoms with Crippen molar-refractivity contribution in [3.05, 3.63) is 28.1 Å². The fourth-order valence-electron chi connectivity index (χ4n) is 2.60.